The molecule has 0 amide bonds. The minimum atomic E-state index is 0.993. The van der Waals surface area contributed by atoms with Gasteiger partial charge < -0.3 is 10.7 Å². The molecule has 3 heteroatoms. The largest absolute Gasteiger partial charge is 0.405 e. The molecule has 25 heavy (non-hydrogen) atoms. The molecule has 0 aliphatic carbocycles. The molecule has 146 valence electrons. The first-order chi connectivity index (χ1) is 12.3. The normalized spacial score (nSPS) is 10.8. The third kappa shape index (κ3) is 18.9. The van der Waals surface area contributed by atoms with E-state index in [2.05, 4.69) is 29.9 Å². The molecule has 1 aromatic rings. The van der Waals surface area contributed by atoms with Crippen LogP contribution in [0.1, 0.15) is 110 Å². The van der Waals surface area contributed by atoms with Gasteiger partial charge in [0.15, 0.2) is 0 Å². The fraction of sp³-hybridized carbons (Fsp3) is 0.773. The van der Waals surface area contributed by atoms with Crippen molar-refractivity contribution in [3.63, 3.8) is 0 Å². The van der Waals surface area contributed by atoms with Crippen molar-refractivity contribution in [2.45, 2.75) is 110 Å². The first kappa shape index (κ1) is 23.8. The molecule has 0 radical (unpaired) electrons. The Bertz CT molecular complexity index is 357. The fourth-order valence-electron chi connectivity index (χ4n) is 2.87. The van der Waals surface area contributed by atoms with Gasteiger partial charge in [-0.1, -0.05) is 97.0 Å². The zero-order valence-corrected chi connectivity index (χ0v) is 16.9. The second-order valence-corrected chi connectivity index (χ2v) is 6.85. The summed E-state index contributed by atoms with van der Waals surface area (Å²) in [5, 5.41) is 0. The van der Waals surface area contributed by atoms with Crippen LogP contribution in [-0.4, -0.2) is 9.97 Å². The van der Waals surface area contributed by atoms with Gasteiger partial charge in [0.05, 0.1) is 0 Å². The number of allylic oxidation sites excluding steroid dienone is 1. The van der Waals surface area contributed by atoms with E-state index in [0.29, 0.717) is 0 Å². The Morgan fingerprint density at radius 2 is 1.36 bits per heavy atom. The fourth-order valence-corrected chi connectivity index (χ4v) is 2.87. The van der Waals surface area contributed by atoms with Crippen LogP contribution < -0.4 is 5.73 Å². The van der Waals surface area contributed by atoms with Gasteiger partial charge >= 0.3 is 0 Å². The van der Waals surface area contributed by atoms with Crippen LogP contribution >= 0.6 is 0 Å². The Labute approximate surface area is 156 Å². The molecule has 0 saturated carbocycles. The van der Waals surface area contributed by atoms with Gasteiger partial charge in [0.25, 0.3) is 0 Å². The molecule has 1 aromatic heterocycles. The van der Waals surface area contributed by atoms with Crippen molar-refractivity contribution in [2.75, 3.05) is 0 Å². The minimum absolute atomic E-state index is 0.993. The van der Waals surface area contributed by atoms with Gasteiger partial charge in [-0.05, 0) is 19.0 Å². The number of unbranched alkanes of at least 4 members (excludes halogenated alkanes) is 13. The molecule has 0 aromatic carbocycles. The van der Waals surface area contributed by atoms with Crippen molar-refractivity contribution in [1.29, 1.82) is 0 Å². The van der Waals surface area contributed by atoms with E-state index >= 15 is 0 Å². The van der Waals surface area contributed by atoms with E-state index in [0.717, 1.165) is 18.7 Å². The van der Waals surface area contributed by atoms with Gasteiger partial charge in [0.1, 0.15) is 5.82 Å². The quantitative estimate of drug-likeness (QED) is 0.338. The van der Waals surface area contributed by atoms with Crippen LogP contribution in [-0.2, 0) is 6.42 Å². The maximum absolute atomic E-state index is 5.30. The lowest BCUT2D eigenvalue weighted by Gasteiger charge is -2.02. The summed E-state index contributed by atoms with van der Waals surface area (Å²) in [4.78, 5) is 6.95. The summed E-state index contributed by atoms with van der Waals surface area (Å²) in [6.07, 6.45) is 28.0. The first-order valence-electron chi connectivity index (χ1n) is 10.7. The molecule has 0 spiro atoms. The van der Waals surface area contributed by atoms with E-state index in [-0.39, 0.29) is 0 Å². The summed E-state index contributed by atoms with van der Waals surface area (Å²) in [6.45, 7) is 4.35. The number of aryl methyl sites for hydroxylation is 1. The lowest BCUT2D eigenvalue weighted by molar-refractivity contribution is 0.540. The maximum atomic E-state index is 5.30. The molecule has 0 unspecified atom stereocenters. The van der Waals surface area contributed by atoms with Crippen LogP contribution in [0.3, 0.4) is 0 Å². The highest BCUT2D eigenvalue weighted by atomic mass is 14.9. The van der Waals surface area contributed by atoms with Gasteiger partial charge in [-0.2, -0.15) is 0 Å². The monoisotopic (exact) mass is 349 g/mol. The van der Waals surface area contributed by atoms with E-state index in [1.54, 1.807) is 12.4 Å². The van der Waals surface area contributed by atoms with Crippen molar-refractivity contribution in [1.82, 2.24) is 9.97 Å². The van der Waals surface area contributed by atoms with Crippen molar-refractivity contribution < 1.29 is 0 Å². The number of imidazole rings is 1. The van der Waals surface area contributed by atoms with Crippen molar-refractivity contribution >= 4 is 0 Å². The number of rotatable bonds is 15. The van der Waals surface area contributed by atoms with Gasteiger partial charge in [0, 0.05) is 18.8 Å². The van der Waals surface area contributed by atoms with E-state index in [9.17, 15) is 0 Å². The number of H-pyrrole nitrogens is 1. The van der Waals surface area contributed by atoms with Gasteiger partial charge in [-0.15, -0.1) is 0 Å². The third-order valence-electron chi connectivity index (χ3n) is 4.50. The Kier molecular flexibility index (Phi) is 19.8. The Hall–Kier alpha value is -1.25. The SMILES string of the molecule is CCCCCCCCCCCCCCCC=CN.CCc1ncc[nH]1. The molecule has 1 heterocycles. The number of hydrogen-bond donors (Lipinski definition) is 2. The molecule has 0 saturated heterocycles. The predicted molar refractivity (Wildman–Crippen MR) is 112 cm³/mol. The van der Waals surface area contributed by atoms with Crippen LogP contribution in [0.2, 0.25) is 0 Å². The zero-order chi connectivity index (χ0) is 18.4. The second-order valence-electron chi connectivity index (χ2n) is 6.85. The molecule has 0 atom stereocenters. The zero-order valence-electron chi connectivity index (χ0n) is 16.9. The Morgan fingerprint density at radius 3 is 1.72 bits per heavy atom. The topological polar surface area (TPSA) is 54.7 Å². The standard InChI is InChI=1S/C17H35N.C5H8N2/c1-2-3-4-5-6-7-8-9-10-11-12-13-14-15-16-17-18;1-2-5-6-3-4-7-5/h16-17H,2-15,18H2,1H3;3-4H,2H2,1H3,(H,6,7). The highest BCUT2D eigenvalue weighted by Crippen LogP contribution is 2.12. The van der Waals surface area contributed by atoms with E-state index < -0.39 is 0 Å². The summed E-state index contributed by atoms with van der Waals surface area (Å²) in [7, 11) is 0. The number of aromatic nitrogens is 2. The van der Waals surface area contributed by atoms with Crippen LogP contribution in [0.4, 0.5) is 0 Å². The Balaban J connectivity index is 0.000000676. The second kappa shape index (κ2) is 20.8. The minimum Gasteiger partial charge on any atom is -0.405 e. The molecular weight excluding hydrogens is 306 g/mol. The van der Waals surface area contributed by atoms with Gasteiger partial charge in [-0.25, -0.2) is 4.98 Å². The number of aromatic amines is 1. The highest BCUT2D eigenvalue weighted by molar-refractivity contribution is 4.84. The molecular formula is C22H43N3. The van der Waals surface area contributed by atoms with Gasteiger partial charge in [0.2, 0.25) is 0 Å². The maximum Gasteiger partial charge on any atom is 0.105 e. The van der Waals surface area contributed by atoms with E-state index in [1.807, 2.05) is 6.20 Å². The average molecular weight is 350 g/mol. The predicted octanol–water partition coefficient (Wildman–Crippen LogP) is 6.91. The molecule has 0 aliphatic heterocycles. The third-order valence-corrected chi connectivity index (χ3v) is 4.50. The summed E-state index contributed by atoms with van der Waals surface area (Å²) in [6, 6.07) is 0. The first-order valence-corrected chi connectivity index (χ1v) is 10.7. The summed E-state index contributed by atoms with van der Waals surface area (Å²) >= 11 is 0. The summed E-state index contributed by atoms with van der Waals surface area (Å²) < 4.78 is 0. The van der Waals surface area contributed by atoms with Crippen molar-refractivity contribution in [3.05, 3.63) is 30.5 Å². The number of nitrogens with zero attached hydrogens (tertiary/aromatic N) is 1. The molecule has 0 bridgehead atoms. The lowest BCUT2D eigenvalue weighted by Crippen LogP contribution is -1.83. The van der Waals surface area contributed by atoms with Crippen LogP contribution in [0.25, 0.3) is 0 Å². The van der Waals surface area contributed by atoms with Crippen LogP contribution in [0.5, 0.6) is 0 Å². The van der Waals surface area contributed by atoms with Crippen LogP contribution in [0, 0.1) is 0 Å². The molecule has 3 N–H and O–H groups in total. The van der Waals surface area contributed by atoms with Crippen molar-refractivity contribution in [3.8, 4) is 0 Å². The molecule has 3 nitrogen and oxygen atoms in total. The van der Waals surface area contributed by atoms with Crippen LogP contribution in [0.15, 0.2) is 24.7 Å². The average Bonchev–Trinajstić information content (AvgIpc) is 3.16. The Morgan fingerprint density at radius 1 is 0.840 bits per heavy atom. The number of nitrogens with two attached hydrogens (primary N) is 1. The molecule has 1 rings (SSSR count). The van der Waals surface area contributed by atoms with E-state index in [1.165, 1.54) is 83.5 Å². The number of nitrogens with one attached hydrogen (secondary N) is 1. The van der Waals surface area contributed by atoms with Crippen molar-refractivity contribution in [2.24, 2.45) is 5.73 Å². The lowest BCUT2D eigenvalue weighted by atomic mass is 10.0. The smallest absolute Gasteiger partial charge is 0.105 e. The number of hydrogen-bond acceptors (Lipinski definition) is 2. The highest BCUT2D eigenvalue weighted by Gasteiger charge is 1.93. The molecule has 0 fully saturated rings. The summed E-state index contributed by atoms with van der Waals surface area (Å²) in [5.41, 5.74) is 5.30. The van der Waals surface area contributed by atoms with E-state index in [4.69, 9.17) is 5.73 Å². The summed E-state index contributed by atoms with van der Waals surface area (Å²) in [5.74, 6) is 1.06. The van der Waals surface area contributed by atoms with Gasteiger partial charge in [-0.3, -0.25) is 0 Å². The molecule has 0 aliphatic rings.